The van der Waals surface area contributed by atoms with Gasteiger partial charge in [-0.3, -0.25) is 9.78 Å². The summed E-state index contributed by atoms with van der Waals surface area (Å²) in [6.07, 6.45) is 3.70. The van der Waals surface area contributed by atoms with E-state index in [0.29, 0.717) is 18.9 Å². The monoisotopic (exact) mass is 380 g/mol. The summed E-state index contributed by atoms with van der Waals surface area (Å²) >= 11 is 0. The topological polar surface area (TPSA) is 74.2 Å². The molecule has 0 radical (unpaired) electrons. The lowest BCUT2D eigenvalue weighted by Crippen LogP contribution is -2.36. The van der Waals surface area contributed by atoms with Gasteiger partial charge in [0, 0.05) is 38.3 Å². The Hall–Kier alpha value is -2.54. The highest BCUT2D eigenvalue weighted by Gasteiger charge is 2.32. The SMILES string of the molecule is CC(=O)N1CCc2c(nc(-c3ccccn3)nc2NC[C@]2(C)CCN(C)C2)C1. The van der Waals surface area contributed by atoms with Gasteiger partial charge in [-0.2, -0.15) is 0 Å². The van der Waals surface area contributed by atoms with Gasteiger partial charge in [-0.1, -0.05) is 13.0 Å². The van der Waals surface area contributed by atoms with Crippen LogP contribution in [0.1, 0.15) is 31.5 Å². The first-order valence-electron chi connectivity index (χ1n) is 9.93. The molecule has 148 valence electrons. The largest absolute Gasteiger partial charge is 0.369 e. The zero-order valence-electron chi connectivity index (χ0n) is 16.9. The lowest BCUT2D eigenvalue weighted by molar-refractivity contribution is -0.129. The zero-order valence-corrected chi connectivity index (χ0v) is 16.9. The number of rotatable bonds is 4. The van der Waals surface area contributed by atoms with Crippen molar-refractivity contribution in [1.82, 2.24) is 24.8 Å². The molecular formula is C21H28N6O. The maximum Gasteiger partial charge on any atom is 0.219 e. The molecule has 1 N–H and O–H groups in total. The van der Waals surface area contributed by atoms with Gasteiger partial charge in [-0.05, 0) is 44.0 Å². The number of likely N-dealkylation sites (tertiary alicyclic amines) is 1. The minimum Gasteiger partial charge on any atom is -0.369 e. The summed E-state index contributed by atoms with van der Waals surface area (Å²) < 4.78 is 0. The summed E-state index contributed by atoms with van der Waals surface area (Å²) in [5.41, 5.74) is 3.04. The maximum atomic E-state index is 11.9. The smallest absolute Gasteiger partial charge is 0.219 e. The van der Waals surface area contributed by atoms with Crippen molar-refractivity contribution >= 4 is 11.7 Å². The number of anilines is 1. The molecule has 1 saturated heterocycles. The highest BCUT2D eigenvalue weighted by Crippen LogP contribution is 2.31. The van der Waals surface area contributed by atoms with Crippen molar-refractivity contribution in [2.45, 2.75) is 33.2 Å². The first-order chi connectivity index (χ1) is 13.4. The molecule has 7 nitrogen and oxygen atoms in total. The summed E-state index contributed by atoms with van der Waals surface area (Å²) in [6.45, 7) is 8.27. The molecule has 4 heterocycles. The van der Waals surface area contributed by atoms with E-state index in [-0.39, 0.29) is 11.3 Å². The van der Waals surface area contributed by atoms with Crippen molar-refractivity contribution < 1.29 is 4.79 Å². The number of nitrogens with one attached hydrogen (secondary N) is 1. The van der Waals surface area contributed by atoms with Gasteiger partial charge < -0.3 is 15.1 Å². The average Bonchev–Trinajstić information content (AvgIpc) is 3.05. The Balaban J connectivity index is 1.66. The van der Waals surface area contributed by atoms with Crippen LogP contribution in [0.5, 0.6) is 0 Å². The van der Waals surface area contributed by atoms with Crippen molar-refractivity contribution in [3.8, 4) is 11.5 Å². The molecule has 2 aromatic rings. The summed E-state index contributed by atoms with van der Waals surface area (Å²) in [5, 5.41) is 3.62. The van der Waals surface area contributed by atoms with Crippen LogP contribution in [0, 0.1) is 5.41 Å². The van der Waals surface area contributed by atoms with E-state index in [0.717, 1.165) is 48.8 Å². The number of pyridine rings is 1. The van der Waals surface area contributed by atoms with E-state index in [1.54, 1.807) is 13.1 Å². The van der Waals surface area contributed by atoms with Crippen molar-refractivity contribution in [3.63, 3.8) is 0 Å². The van der Waals surface area contributed by atoms with Crippen LogP contribution in [0.3, 0.4) is 0 Å². The first kappa shape index (κ1) is 18.8. The van der Waals surface area contributed by atoms with Gasteiger partial charge in [0.1, 0.15) is 11.5 Å². The van der Waals surface area contributed by atoms with Crippen LogP contribution in [0.2, 0.25) is 0 Å². The first-order valence-corrected chi connectivity index (χ1v) is 9.93. The predicted octanol–water partition coefficient (Wildman–Crippen LogP) is 2.20. The molecule has 0 aromatic carbocycles. The second-order valence-corrected chi connectivity index (χ2v) is 8.38. The molecule has 1 atom stereocenters. The number of aromatic nitrogens is 3. The highest BCUT2D eigenvalue weighted by atomic mass is 16.2. The maximum absolute atomic E-state index is 11.9. The van der Waals surface area contributed by atoms with Gasteiger partial charge in [-0.15, -0.1) is 0 Å². The van der Waals surface area contributed by atoms with Crippen LogP contribution in [0.4, 0.5) is 5.82 Å². The van der Waals surface area contributed by atoms with Crippen LogP contribution in [0.25, 0.3) is 11.5 Å². The molecule has 2 aliphatic rings. The predicted molar refractivity (Wildman–Crippen MR) is 109 cm³/mol. The van der Waals surface area contributed by atoms with E-state index in [9.17, 15) is 4.79 Å². The lowest BCUT2D eigenvalue weighted by Gasteiger charge is -2.30. The molecule has 1 fully saturated rings. The molecule has 0 unspecified atom stereocenters. The zero-order chi connectivity index (χ0) is 19.7. The van der Waals surface area contributed by atoms with E-state index in [1.807, 2.05) is 23.1 Å². The number of nitrogens with zero attached hydrogens (tertiary/aromatic N) is 5. The Kier molecular flexibility index (Phi) is 5.02. The van der Waals surface area contributed by atoms with Gasteiger partial charge in [0.2, 0.25) is 5.91 Å². The van der Waals surface area contributed by atoms with Crippen molar-refractivity contribution in [1.29, 1.82) is 0 Å². The fourth-order valence-corrected chi connectivity index (χ4v) is 4.17. The fraction of sp³-hybridized carbons (Fsp3) is 0.524. The van der Waals surface area contributed by atoms with E-state index >= 15 is 0 Å². The number of hydrogen-bond donors (Lipinski definition) is 1. The average molecular weight is 380 g/mol. The quantitative estimate of drug-likeness (QED) is 0.877. The number of amides is 1. The third-order valence-corrected chi connectivity index (χ3v) is 5.84. The third kappa shape index (κ3) is 3.85. The summed E-state index contributed by atoms with van der Waals surface area (Å²) in [6, 6.07) is 5.75. The van der Waals surface area contributed by atoms with Gasteiger partial charge in [-0.25, -0.2) is 9.97 Å². The number of carbonyl (C=O) groups is 1. The third-order valence-electron chi connectivity index (χ3n) is 5.84. The van der Waals surface area contributed by atoms with E-state index in [2.05, 4.69) is 29.2 Å². The van der Waals surface area contributed by atoms with E-state index < -0.39 is 0 Å². The van der Waals surface area contributed by atoms with Crippen LogP contribution < -0.4 is 5.32 Å². The van der Waals surface area contributed by atoms with Crippen molar-refractivity contribution in [2.75, 3.05) is 38.5 Å². The molecule has 2 aromatic heterocycles. The Morgan fingerprint density at radius 3 is 2.82 bits per heavy atom. The van der Waals surface area contributed by atoms with Crippen LogP contribution in [-0.2, 0) is 17.8 Å². The van der Waals surface area contributed by atoms with Crippen molar-refractivity contribution in [3.05, 3.63) is 35.7 Å². The molecule has 0 spiro atoms. The number of fused-ring (bicyclic) bond motifs is 1. The molecule has 1 amide bonds. The normalized spacial score (nSPS) is 22.2. The van der Waals surface area contributed by atoms with Crippen LogP contribution in [-0.4, -0.2) is 63.9 Å². The van der Waals surface area contributed by atoms with E-state index in [1.165, 1.54) is 6.42 Å². The minimum absolute atomic E-state index is 0.0830. The van der Waals surface area contributed by atoms with Crippen LogP contribution in [0.15, 0.2) is 24.4 Å². The number of hydrogen-bond acceptors (Lipinski definition) is 6. The fourth-order valence-electron chi connectivity index (χ4n) is 4.17. The van der Waals surface area contributed by atoms with Crippen LogP contribution >= 0.6 is 0 Å². The van der Waals surface area contributed by atoms with Gasteiger partial charge in [0.15, 0.2) is 5.82 Å². The standard InChI is InChI=1S/C21H28N6O/c1-15(28)27-10-7-16-18(12-27)24-20(17-6-4-5-9-22-17)25-19(16)23-13-21(2)8-11-26(3)14-21/h4-6,9H,7-8,10-14H2,1-3H3,(H,23,24,25)/t21-/m0/s1. The number of carbonyl (C=O) groups excluding carboxylic acids is 1. The van der Waals surface area contributed by atoms with E-state index in [4.69, 9.17) is 9.97 Å². The summed E-state index contributed by atoms with van der Waals surface area (Å²) in [5.74, 6) is 1.59. The minimum atomic E-state index is 0.0830. The molecule has 0 saturated carbocycles. The molecule has 2 aliphatic heterocycles. The lowest BCUT2D eigenvalue weighted by atomic mass is 9.89. The Morgan fingerprint density at radius 2 is 2.14 bits per heavy atom. The summed E-state index contributed by atoms with van der Waals surface area (Å²) in [7, 11) is 2.17. The Morgan fingerprint density at radius 1 is 1.29 bits per heavy atom. The Bertz CT molecular complexity index is 871. The molecule has 0 bridgehead atoms. The molecule has 28 heavy (non-hydrogen) atoms. The van der Waals surface area contributed by atoms with Gasteiger partial charge >= 0.3 is 0 Å². The van der Waals surface area contributed by atoms with Gasteiger partial charge in [0.25, 0.3) is 0 Å². The Labute approximate surface area is 166 Å². The summed E-state index contributed by atoms with van der Waals surface area (Å²) in [4.78, 5) is 30.1. The van der Waals surface area contributed by atoms with Crippen molar-refractivity contribution in [2.24, 2.45) is 5.41 Å². The molecule has 7 heteroatoms. The second kappa shape index (κ2) is 7.47. The molecule has 4 rings (SSSR count). The second-order valence-electron chi connectivity index (χ2n) is 8.38. The molecular weight excluding hydrogens is 352 g/mol. The van der Waals surface area contributed by atoms with Gasteiger partial charge in [0.05, 0.1) is 12.2 Å². The highest BCUT2D eigenvalue weighted by molar-refractivity contribution is 5.74. The molecule has 0 aliphatic carbocycles.